The van der Waals surface area contributed by atoms with Crippen molar-refractivity contribution < 1.29 is 9.47 Å². The van der Waals surface area contributed by atoms with Crippen LogP contribution in [0.2, 0.25) is 0 Å². The lowest BCUT2D eigenvalue weighted by atomic mass is 9.82. The summed E-state index contributed by atoms with van der Waals surface area (Å²) in [6, 6.07) is 9.42. The molecule has 2 aliphatic carbocycles. The molecule has 2 unspecified atom stereocenters. The van der Waals surface area contributed by atoms with E-state index >= 15 is 0 Å². The largest absolute Gasteiger partial charge is 0.374 e. The van der Waals surface area contributed by atoms with Gasteiger partial charge in [0.15, 0.2) is 0 Å². The molecule has 0 amide bonds. The maximum atomic E-state index is 5.95. The zero-order valence-electron chi connectivity index (χ0n) is 15.8. The number of benzene rings is 2. The third-order valence-corrected chi connectivity index (χ3v) is 8.08. The Hall–Kier alpha value is -1.29. The maximum absolute atomic E-state index is 5.95. The van der Waals surface area contributed by atoms with Gasteiger partial charge in [0.05, 0.1) is 12.2 Å². The summed E-state index contributed by atoms with van der Waals surface area (Å²) < 4.78 is 11.9. The Morgan fingerprint density at radius 1 is 0.630 bits per heavy atom. The average Bonchev–Trinajstić information content (AvgIpc) is 3.31. The summed E-state index contributed by atoms with van der Waals surface area (Å²) in [7, 11) is 0. The van der Waals surface area contributed by atoms with E-state index in [1.165, 1.54) is 72.3 Å². The van der Waals surface area contributed by atoms with Gasteiger partial charge in [-0.2, -0.15) is 0 Å². The third kappa shape index (κ3) is 2.70. The minimum atomic E-state index is 0.352. The van der Waals surface area contributed by atoms with Crippen LogP contribution < -0.4 is 0 Å². The van der Waals surface area contributed by atoms with Gasteiger partial charge in [-0.1, -0.05) is 23.9 Å². The molecule has 2 aromatic carbocycles. The van der Waals surface area contributed by atoms with Crippen molar-refractivity contribution in [2.24, 2.45) is 0 Å². The predicted octanol–water partition coefficient (Wildman–Crippen LogP) is 5.74. The normalized spacial score (nSPS) is 25.6. The molecule has 0 spiro atoms. The summed E-state index contributed by atoms with van der Waals surface area (Å²) in [6.45, 7) is 1.86. The van der Waals surface area contributed by atoms with Crippen LogP contribution in [-0.2, 0) is 35.2 Å². The topological polar surface area (TPSA) is 18.5 Å². The van der Waals surface area contributed by atoms with Crippen molar-refractivity contribution >= 4 is 11.8 Å². The second-order valence-corrected chi connectivity index (χ2v) is 9.41. The van der Waals surface area contributed by atoms with Crippen LogP contribution in [0.3, 0.4) is 0 Å². The number of hydrogen-bond acceptors (Lipinski definition) is 3. The van der Waals surface area contributed by atoms with Crippen molar-refractivity contribution in [2.75, 3.05) is 13.2 Å². The molecule has 2 aliphatic heterocycles. The molecule has 0 bridgehead atoms. The maximum Gasteiger partial charge on any atom is 0.0828 e. The molecule has 6 rings (SSSR count). The highest BCUT2D eigenvalue weighted by molar-refractivity contribution is 7.99. The lowest BCUT2D eigenvalue weighted by Gasteiger charge is -2.30. The van der Waals surface area contributed by atoms with E-state index in [2.05, 4.69) is 24.3 Å². The fourth-order valence-corrected chi connectivity index (χ4v) is 6.43. The standard InChI is InChI=1S/C24H26O2S/c1-3-21(25-13-1)17-9-11-23(19-7-5-15(17)19)27-24-12-10-18(16-6-8-20(16)24)22-4-2-14-26-22/h9-12,21-22H,1-8,13-14H2. The van der Waals surface area contributed by atoms with Crippen LogP contribution in [-0.4, -0.2) is 13.2 Å². The lowest BCUT2D eigenvalue weighted by molar-refractivity contribution is 0.110. The van der Waals surface area contributed by atoms with Gasteiger partial charge in [0.2, 0.25) is 0 Å². The Kier molecular flexibility index (Phi) is 4.10. The molecule has 27 heavy (non-hydrogen) atoms. The van der Waals surface area contributed by atoms with Crippen molar-refractivity contribution in [3.63, 3.8) is 0 Å². The second kappa shape index (κ2) is 6.65. The SMILES string of the molecule is c1cc(C2CCCO2)c2c(c1Sc1ccc(C3CCCO3)c3c1CC3)CC2. The van der Waals surface area contributed by atoms with Crippen LogP contribution in [0.1, 0.15) is 71.3 Å². The number of rotatable bonds is 4. The predicted molar refractivity (Wildman–Crippen MR) is 108 cm³/mol. The Balaban J connectivity index is 1.30. The van der Waals surface area contributed by atoms with Crippen LogP contribution in [0.25, 0.3) is 0 Å². The number of hydrogen-bond donors (Lipinski definition) is 0. The average molecular weight is 379 g/mol. The minimum Gasteiger partial charge on any atom is -0.374 e. The Bertz CT molecular complexity index is 818. The van der Waals surface area contributed by atoms with Crippen LogP contribution in [0.15, 0.2) is 34.1 Å². The Labute approximate surface area is 165 Å². The number of ether oxygens (including phenoxy) is 2. The molecule has 4 aliphatic rings. The van der Waals surface area contributed by atoms with Crippen molar-refractivity contribution in [1.82, 2.24) is 0 Å². The smallest absolute Gasteiger partial charge is 0.0828 e. The van der Waals surface area contributed by atoms with E-state index in [-0.39, 0.29) is 0 Å². The van der Waals surface area contributed by atoms with Gasteiger partial charge in [0.25, 0.3) is 0 Å². The van der Waals surface area contributed by atoms with Gasteiger partial charge in [-0.05, 0) is 96.9 Å². The van der Waals surface area contributed by atoms with Crippen LogP contribution in [0, 0.1) is 0 Å². The first kappa shape index (κ1) is 16.6. The summed E-state index contributed by atoms with van der Waals surface area (Å²) in [5, 5.41) is 0. The van der Waals surface area contributed by atoms with Crippen molar-refractivity contribution in [2.45, 2.75) is 73.4 Å². The van der Waals surface area contributed by atoms with Gasteiger partial charge in [0.1, 0.15) is 0 Å². The molecule has 2 atom stereocenters. The van der Waals surface area contributed by atoms with Crippen LogP contribution >= 0.6 is 11.8 Å². The third-order valence-electron chi connectivity index (χ3n) is 6.87. The van der Waals surface area contributed by atoms with E-state index < -0.39 is 0 Å². The first-order chi connectivity index (χ1) is 13.4. The Morgan fingerprint density at radius 2 is 1.11 bits per heavy atom. The zero-order valence-corrected chi connectivity index (χ0v) is 16.6. The molecule has 2 saturated heterocycles. The van der Waals surface area contributed by atoms with Gasteiger partial charge in [-0.25, -0.2) is 0 Å². The summed E-state index contributed by atoms with van der Waals surface area (Å²) in [6.07, 6.45) is 10.4. The molecule has 2 nitrogen and oxygen atoms in total. The molecule has 140 valence electrons. The van der Waals surface area contributed by atoms with Crippen molar-refractivity contribution in [3.05, 3.63) is 57.6 Å². The Morgan fingerprint density at radius 3 is 1.48 bits per heavy atom. The first-order valence-corrected chi connectivity index (χ1v) is 11.4. The summed E-state index contributed by atoms with van der Waals surface area (Å²) in [5.41, 5.74) is 9.29. The summed E-state index contributed by atoms with van der Waals surface area (Å²) >= 11 is 1.99. The van der Waals surface area contributed by atoms with E-state index in [1.807, 2.05) is 11.8 Å². The van der Waals surface area contributed by atoms with Gasteiger partial charge in [0, 0.05) is 23.0 Å². The molecule has 2 fully saturated rings. The molecule has 3 heteroatoms. The van der Waals surface area contributed by atoms with Crippen LogP contribution in [0.4, 0.5) is 0 Å². The van der Waals surface area contributed by atoms with Gasteiger partial charge >= 0.3 is 0 Å². The van der Waals surface area contributed by atoms with Crippen molar-refractivity contribution in [1.29, 1.82) is 0 Å². The van der Waals surface area contributed by atoms with Gasteiger partial charge < -0.3 is 9.47 Å². The molecule has 0 saturated carbocycles. The second-order valence-electron chi connectivity index (χ2n) is 8.33. The molecule has 2 aromatic rings. The number of fused-ring (bicyclic) bond motifs is 2. The fourth-order valence-electron chi connectivity index (χ4n) is 5.22. The quantitative estimate of drug-likeness (QED) is 0.676. The highest BCUT2D eigenvalue weighted by Crippen LogP contribution is 2.46. The van der Waals surface area contributed by atoms with E-state index in [9.17, 15) is 0 Å². The highest BCUT2D eigenvalue weighted by Gasteiger charge is 2.30. The molecular weight excluding hydrogens is 352 g/mol. The molecular formula is C24H26O2S. The summed E-state index contributed by atoms with van der Waals surface area (Å²) in [5.74, 6) is 0. The molecule has 0 radical (unpaired) electrons. The van der Waals surface area contributed by atoms with E-state index in [0.29, 0.717) is 12.2 Å². The van der Waals surface area contributed by atoms with E-state index in [4.69, 9.17) is 9.47 Å². The monoisotopic (exact) mass is 378 g/mol. The molecule has 0 aromatic heterocycles. The molecule has 0 N–H and O–H groups in total. The van der Waals surface area contributed by atoms with E-state index in [0.717, 1.165) is 13.2 Å². The lowest BCUT2D eigenvalue weighted by Crippen LogP contribution is -2.17. The van der Waals surface area contributed by atoms with Crippen LogP contribution in [0.5, 0.6) is 0 Å². The minimum absolute atomic E-state index is 0.352. The van der Waals surface area contributed by atoms with Gasteiger partial charge in [-0.3, -0.25) is 0 Å². The van der Waals surface area contributed by atoms with E-state index in [1.54, 1.807) is 22.3 Å². The van der Waals surface area contributed by atoms with Crippen molar-refractivity contribution in [3.8, 4) is 0 Å². The molecule has 2 heterocycles. The first-order valence-electron chi connectivity index (χ1n) is 10.6. The van der Waals surface area contributed by atoms with Gasteiger partial charge in [-0.15, -0.1) is 0 Å². The zero-order chi connectivity index (χ0) is 17.8. The highest BCUT2D eigenvalue weighted by atomic mass is 32.2. The summed E-state index contributed by atoms with van der Waals surface area (Å²) in [4.78, 5) is 2.94. The fraction of sp³-hybridized carbons (Fsp3) is 0.500.